The molecule has 0 fully saturated rings. The Morgan fingerprint density at radius 1 is 1.23 bits per heavy atom. The number of imidazole rings is 1. The molecule has 22 heavy (non-hydrogen) atoms. The van der Waals surface area contributed by atoms with E-state index in [-0.39, 0.29) is 29.5 Å². The SMILES string of the molecule is CN=C(NCc1ncc(-c2ccccc2)[nH]1)NC(C)(C)C.I. The van der Waals surface area contributed by atoms with Gasteiger partial charge >= 0.3 is 0 Å². The Morgan fingerprint density at radius 2 is 1.91 bits per heavy atom. The third-order valence-corrected chi connectivity index (χ3v) is 2.85. The summed E-state index contributed by atoms with van der Waals surface area (Å²) in [6.45, 7) is 6.89. The number of aromatic amines is 1. The molecule has 0 aliphatic carbocycles. The van der Waals surface area contributed by atoms with Gasteiger partial charge in [-0.05, 0) is 26.3 Å². The Balaban J connectivity index is 0.00000242. The molecule has 0 unspecified atom stereocenters. The van der Waals surface area contributed by atoms with Crippen LogP contribution in [-0.2, 0) is 6.54 Å². The highest BCUT2D eigenvalue weighted by atomic mass is 127. The number of hydrogen-bond acceptors (Lipinski definition) is 2. The number of nitrogens with one attached hydrogen (secondary N) is 3. The van der Waals surface area contributed by atoms with Crippen molar-refractivity contribution in [3.8, 4) is 11.3 Å². The summed E-state index contributed by atoms with van der Waals surface area (Å²) in [7, 11) is 1.76. The van der Waals surface area contributed by atoms with Crippen LogP contribution in [0.4, 0.5) is 0 Å². The van der Waals surface area contributed by atoms with Gasteiger partial charge in [-0.3, -0.25) is 4.99 Å². The first kappa shape index (κ1) is 18.5. The van der Waals surface area contributed by atoms with Crippen LogP contribution in [0.2, 0.25) is 0 Å². The second-order valence-electron chi connectivity index (χ2n) is 5.91. The fourth-order valence-corrected chi connectivity index (χ4v) is 1.92. The summed E-state index contributed by atoms with van der Waals surface area (Å²) >= 11 is 0. The molecule has 5 nitrogen and oxygen atoms in total. The summed E-state index contributed by atoms with van der Waals surface area (Å²) in [6.07, 6.45) is 1.85. The van der Waals surface area contributed by atoms with Gasteiger partial charge < -0.3 is 15.6 Å². The zero-order valence-electron chi connectivity index (χ0n) is 13.5. The topological polar surface area (TPSA) is 65.1 Å². The fraction of sp³-hybridized carbons (Fsp3) is 0.375. The van der Waals surface area contributed by atoms with Crippen molar-refractivity contribution >= 4 is 29.9 Å². The highest BCUT2D eigenvalue weighted by Crippen LogP contribution is 2.15. The van der Waals surface area contributed by atoms with Gasteiger partial charge in [0, 0.05) is 12.6 Å². The average molecular weight is 413 g/mol. The molecule has 0 aliphatic rings. The minimum atomic E-state index is -0.0276. The van der Waals surface area contributed by atoms with Gasteiger partial charge in [0.2, 0.25) is 0 Å². The van der Waals surface area contributed by atoms with Gasteiger partial charge in [-0.25, -0.2) is 4.98 Å². The highest BCUT2D eigenvalue weighted by Gasteiger charge is 2.12. The molecular weight excluding hydrogens is 389 g/mol. The van der Waals surface area contributed by atoms with E-state index < -0.39 is 0 Å². The van der Waals surface area contributed by atoms with Gasteiger partial charge in [0.1, 0.15) is 5.82 Å². The van der Waals surface area contributed by atoms with Crippen LogP contribution in [0.5, 0.6) is 0 Å². The Labute approximate surface area is 149 Å². The summed E-state index contributed by atoms with van der Waals surface area (Å²) < 4.78 is 0. The molecule has 0 atom stereocenters. The lowest BCUT2D eigenvalue weighted by molar-refractivity contribution is 0.501. The monoisotopic (exact) mass is 413 g/mol. The molecule has 2 rings (SSSR count). The van der Waals surface area contributed by atoms with Crippen molar-refractivity contribution in [1.29, 1.82) is 0 Å². The predicted octanol–water partition coefficient (Wildman–Crippen LogP) is 3.16. The molecule has 0 bridgehead atoms. The zero-order valence-corrected chi connectivity index (χ0v) is 15.8. The van der Waals surface area contributed by atoms with E-state index in [1.807, 2.05) is 24.4 Å². The maximum absolute atomic E-state index is 4.39. The number of benzene rings is 1. The quantitative estimate of drug-likeness (QED) is 0.412. The highest BCUT2D eigenvalue weighted by molar-refractivity contribution is 14.0. The summed E-state index contributed by atoms with van der Waals surface area (Å²) in [4.78, 5) is 11.9. The number of guanidine groups is 1. The Kier molecular flexibility index (Phi) is 6.86. The van der Waals surface area contributed by atoms with Gasteiger partial charge in [0.25, 0.3) is 0 Å². The van der Waals surface area contributed by atoms with Crippen molar-refractivity contribution in [2.24, 2.45) is 4.99 Å². The molecule has 0 saturated carbocycles. The molecule has 0 saturated heterocycles. The molecule has 1 heterocycles. The number of aliphatic imine (C=N–C) groups is 1. The van der Waals surface area contributed by atoms with Gasteiger partial charge in [0.05, 0.1) is 18.4 Å². The Hall–Kier alpha value is -1.57. The Morgan fingerprint density at radius 3 is 2.50 bits per heavy atom. The zero-order chi connectivity index (χ0) is 15.3. The molecule has 0 radical (unpaired) electrons. The van der Waals surface area contributed by atoms with Crippen molar-refractivity contribution in [1.82, 2.24) is 20.6 Å². The Bertz CT molecular complexity index is 598. The summed E-state index contributed by atoms with van der Waals surface area (Å²) in [5, 5.41) is 6.56. The summed E-state index contributed by atoms with van der Waals surface area (Å²) in [5.41, 5.74) is 2.12. The number of nitrogens with zero attached hydrogens (tertiary/aromatic N) is 2. The average Bonchev–Trinajstić information content (AvgIpc) is 2.92. The molecule has 0 spiro atoms. The van der Waals surface area contributed by atoms with Crippen LogP contribution in [0, 0.1) is 0 Å². The molecule has 2 aromatic rings. The van der Waals surface area contributed by atoms with Crippen molar-refractivity contribution in [2.45, 2.75) is 32.9 Å². The minimum Gasteiger partial charge on any atom is -0.352 e. The third-order valence-electron chi connectivity index (χ3n) is 2.85. The predicted molar refractivity (Wildman–Crippen MR) is 103 cm³/mol. The molecule has 0 amide bonds. The maximum Gasteiger partial charge on any atom is 0.191 e. The second kappa shape index (κ2) is 8.17. The van der Waals surface area contributed by atoms with E-state index in [0.717, 1.165) is 23.0 Å². The van der Waals surface area contributed by atoms with Crippen LogP contribution in [-0.4, -0.2) is 28.5 Å². The van der Waals surface area contributed by atoms with Crippen LogP contribution < -0.4 is 10.6 Å². The second-order valence-corrected chi connectivity index (χ2v) is 5.91. The third kappa shape index (κ3) is 5.67. The first-order valence-electron chi connectivity index (χ1n) is 7.06. The van der Waals surface area contributed by atoms with Crippen LogP contribution >= 0.6 is 24.0 Å². The first-order valence-corrected chi connectivity index (χ1v) is 7.06. The lowest BCUT2D eigenvalue weighted by atomic mass is 10.1. The van der Waals surface area contributed by atoms with Gasteiger partial charge in [-0.2, -0.15) is 0 Å². The minimum absolute atomic E-state index is 0. The van der Waals surface area contributed by atoms with Crippen LogP contribution in [0.15, 0.2) is 41.5 Å². The van der Waals surface area contributed by atoms with E-state index in [2.05, 4.69) is 58.5 Å². The number of aromatic nitrogens is 2. The van der Waals surface area contributed by atoms with E-state index in [1.165, 1.54) is 0 Å². The van der Waals surface area contributed by atoms with E-state index >= 15 is 0 Å². The molecule has 3 N–H and O–H groups in total. The molecule has 1 aromatic carbocycles. The number of hydrogen-bond donors (Lipinski definition) is 3. The largest absolute Gasteiger partial charge is 0.352 e. The first-order chi connectivity index (χ1) is 9.98. The molecule has 6 heteroatoms. The van der Waals surface area contributed by atoms with E-state index in [0.29, 0.717) is 6.54 Å². The van der Waals surface area contributed by atoms with Crippen LogP contribution in [0.1, 0.15) is 26.6 Å². The van der Waals surface area contributed by atoms with Crippen molar-refractivity contribution < 1.29 is 0 Å². The smallest absolute Gasteiger partial charge is 0.191 e. The van der Waals surface area contributed by atoms with Crippen molar-refractivity contribution in [3.63, 3.8) is 0 Å². The van der Waals surface area contributed by atoms with E-state index in [1.54, 1.807) is 7.05 Å². The van der Waals surface area contributed by atoms with E-state index in [4.69, 9.17) is 0 Å². The maximum atomic E-state index is 4.39. The van der Waals surface area contributed by atoms with Gasteiger partial charge in [-0.15, -0.1) is 24.0 Å². The summed E-state index contributed by atoms with van der Waals surface area (Å²) in [5.74, 6) is 1.64. The molecule has 1 aromatic heterocycles. The summed E-state index contributed by atoms with van der Waals surface area (Å²) in [6, 6.07) is 10.2. The molecule has 120 valence electrons. The standard InChI is InChI=1S/C16H23N5.HI/c1-16(2,3)21-15(17-4)19-11-14-18-10-13(20-14)12-8-6-5-7-9-12;/h5-10H,11H2,1-4H3,(H,18,20)(H2,17,19,21);1H. The molecular formula is C16H24IN5. The van der Waals surface area contributed by atoms with Crippen LogP contribution in [0.3, 0.4) is 0 Å². The van der Waals surface area contributed by atoms with E-state index in [9.17, 15) is 0 Å². The molecule has 0 aliphatic heterocycles. The number of halogens is 1. The van der Waals surface area contributed by atoms with Gasteiger partial charge in [0.15, 0.2) is 5.96 Å². The lowest BCUT2D eigenvalue weighted by Crippen LogP contribution is -2.47. The normalized spacial score (nSPS) is 11.7. The van der Waals surface area contributed by atoms with Crippen molar-refractivity contribution in [3.05, 3.63) is 42.4 Å². The van der Waals surface area contributed by atoms with Gasteiger partial charge in [-0.1, -0.05) is 30.3 Å². The number of rotatable bonds is 3. The van der Waals surface area contributed by atoms with Crippen molar-refractivity contribution in [2.75, 3.05) is 7.05 Å². The lowest BCUT2D eigenvalue weighted by Gasteiger charge is -2.23. The number of H-pyrrole nitrogens is 1. The van der Waals surface area contributed by atoms with Crippen LogP contribution in [0.25, 0.3) is 11.3 Å². The fourth-order valence-electron chi connectivity index (χ4n) is 1.92.